The first-order chi connectivity index (χ1) is 27.2. The van der Waals surface area contributed by atoms with Crippen LogP contribution in [-0.2, 0) is 37.5 Å². The molecule has 0 saturated carbocycles. The molecule has 0 aromatic heterocycles. The van der Waals surface area contributed by atoms with Crippen molar-refractivity contribution in [3.05, 3.63) is 72.9 Å². The van der Waals surface area contributed by atoms with Gasteiger partial charge in [-0.2, -0.15) is 0 Å². The van der Waals surface area contributed by atoms with Crippen LogP contribution in [0.4, 0.5) is 0 Å². The summed E-state index contributed by atoms with van der Waals surface area (Å²) in [6.07, 6.45) is 44.8. The van der Waals surface area contributed by atoms with Gasteiger partial charge in [-0.1, -0.05) is 132 Å². The van der Waals surface area contributed by atoms with Gasteiger partial charge in [0.2, 0.25) is 0 Å². The van der Waals surface area contributed by atoms with E-state index < -0.39 is 32.5 Å². The van der Waals surface area contributed by atoms with E-state index in [1.54, 1.807) is 6.08 Å². The van der Waals surface area contributed by atoms with E-state index in [4.69, 9.17) is 24.3 Å². The van der Waals surface area contributed by atoms with Crippen molar-refractivity contribution >= 4 is 25.5 Å². The van der Waals surface area contributed by atoms with Crippen molar-refractivity contribution in [1.82, 2.24) is 0 Å². The fourth-order valence-corrected chi connectivity index (χ4v) is 6.07. The Morgan fingerprint density at radius 3 is 1.71 bits per heavy atom. The second-order valence-electron chi connectivity index (χ2n) is 13.9. The summed E-state index contributed by atoms with van der Waals surface area (Å²) in [6, 6.07) is 0. The van der Waals surface area contributed by atoms with Crippen LogP contribution in [0.1, 0.15) is 162 Å². The largest absolute Gasteiger partial charge is 0.472 e. The molecule has 0 aliphatic rings. The van der Waals surface area contributed by atoms with E-state index in [0.717, 1.165) is 89.9 Å². The summed E-state index contributed by atoms with van der Waals surface area (Å²) >= 11 is 0. The highest BCUT2D eigenvalue weighted by Crippen LogP contribution is 2.43. The van der Waals surface area contributed by atoms with Gasteiger partial charge < -0.3 is 20.1 Å². The summed E-state index contributed by atoms with van der Waals surface area (Å²) in [7, 11) is -4.41. The molecule has 0 amide bonds. The van der Waals surface area contributed by atoms with E-state index >= 15 is 0 Å². The first kappa shape index (κ1) is 53.1. The highest BCUT2D eigenvalue weighted by molar-refractivity contribution is 7.47. The number of carbonyl (C=O) groups excluding carboxylic acids is 3. The first-order valence-electron chi connectivity index (χ1n) is 21.4. The van der Waals surface area contributed by atoms with Crippen molar-refractivity contribution in [3.8, 4) is 0 Å². The van der Waals surface area contributed by atoms with Crippen molar-refractivity contribution in [2.24, 2.45) is 5.73 Å². The number of nitrogens with two attached hydrogens (primary N) is 1. The lowest BCUT2D eigenvalue weighted by atomic mass is 10.1. The Morgan fingerprint density at radius 1 is 0.589 bits per heavy atom. The Hall–Kier alpha value is -2.88. The summed E-state index contributed by atoms with van der Waals surface area (Å²) in [5.74, 6) is -0.763. The number of rotatable bonds is 39. The second-order valence-corrected chi connectivity index (χ2v) is 15.3. The summed E-state index contributed by atoms with van der Waals surface area (Å²) in [6.45, 7) is 3.44. The lowest BCUT2D eigenvalue weighted by Gasteiger charge is -2.19. The summed E-state index contributed by atoms with van der Waals surface area (Å²) < 4.78 is 32.7. The molecule has 0 heterocycles. The smallest absolute Gasteiger partial charge is 0.462 e. The van der Waals surface area contributed by atoms with Gasteiger partial charge in [0.1, 0.15) is 6.61 Å². The van der Waals surface area contributed by atoms with E-state index in [1.165, 1.54) is 25.7 Å². The van der Waals surface area contributed by atoms with Crippen LogP contribution in [0, 0.1) is 0 Å². The zero-order valence-electron chi connectivity index (χ0n) is 34.8. The highest BCUT2D eigenvalue weighted by Gasteiger charge is 2.26. The van der Waals surface area contributed by atoms with Crippen LogP contribution < -0.4 is 5.73 Å². The monoisotopic (exact) mass is 806 g/mol. The molecule has 0 rings (SSSR count). The first-order valence-corrected chi connectivity index (χ1v) is 22.9. The van der Waals surface area contributed by atoms with Crippen LogP contribution in [0.25, 0.3) is 0 Å². The third-order valence-corrected chi connectivity index (χ3v) is 9.53. The third kappa shape index (κ3) is 39.4. The third-order valence-electron chi connectivity index (χ3n) is 8.54. The lowest BCUT2D eigenvalue weighted by Crippen LogP contribution is -2.29. The number of phosphoric ester groups is 1. The standard InChI is InChI=1S/C45H76NO9P/c1-3-5-7-8-9-10-11-12-13-14-15-16-17-18-19-22-25-28-32-36-44(48)52-40-43(41-54-56(50,51)53-39-38-46)55-45(49)37-33-29-26-23-20-21-24-27-31-35-42(47)34-30-6-4-2/h9-10,12-13,15-16,18-19,24,27,31,35,43H,3-8,11,14,17,20-23,25-26,28-30,32-34,36-41,46H2,1-2H3,(H,50,51)/b10-9-,13-12-,16-15-,19-18-,27-24-,35-31+/t43-/m1/s1. The van der Waals surface area contributed by atoms with Crippen LogP contribution >= 0.6 is 7.82 Å². The number of ether oxygens (including phenoxy) is 2. The maximum absolute atomic E-state index is 12.6. The molecule has 0 radical (unpaired) electrons. The molecule has 1 unspecified atom stereocenters. The van der Waals surface area contributed by atoms with Gasteiger partial charge in [-0.25, -0.2) is 4.57 Å². The van der Waals surface area contributed by atoms with Gasteiger partial charge >= 0.3 is 19.8 Å². The Kier molecular flexibility index (Phi) is 38.2. The molecule has 0 saturated heterocycles. The maximum Gasteiger partial charge on any atom is 0.472 e. The average Bonchev–Trinajstić information content (AvgIpc) is 3.18. The van der Waals surface area contributed by atoms with Gasteiger partial charge in [0.05, 0.1) is 13.2 Å². The Bertz CT molecular complexity index is 1210. The fourth-order valence-electron chi connectivity index (χ4n) is 5.30. The Morgan fingerprint density at radius 2 is 1.09 bits per heavy atom. The Labute approximate surface area is 339 Å². The lowest BCUT2D eigenvalue weighted by molar-refractivity contribution is -0.161. The molecule has 320 valence electrons. The van der Waals surface area contributed by atoms with Gasteiger partial charge in [0.25, 0.3) is 0 Å². The molecule has 11 heteroatoms. The van der Waals surface area contributed by atoms with Crippen molar-refractivity contribution < 1.29 is 42.4 Å². The van der Waals surface area contributed by atoms with E-state index in [2.05, 4.69) is 68.5 Å². The fraction of sp³-hybridized carbons (Fsp3) is 0.667. The van der Waals surface area contributed by atoms with Gasteiger partial charge in [-0.05, 0) is 83.1 Å². The molecule has 2 atom stereocenters. The average molecular weight is 806 g/mol. The maximum atomic E-state index is 12.6. The van der Waals surface area contributed by atoms with Crippen LogP contribution in [0.2, 0.25) is 0 Å². The minimum absolute atomic E-state index is 0.0307. The molecule has 3 N–H and O–H groups in total. The number of hydrogen-bond acceptors (Lipinski definition) is 9. The summed E-state index contributed by atoms with van der Waals surface area (Å²) in [4.78, 5) is 46.6. The Balaban J connectivity index is 4.31. The molecule has 0 aromatic carbocycles. The molecule has 0 aromatic rings. The zero-order valence-corrected chi connectivity index (χ0v) is 35.7. The zero-order chi connectivity index (χ0) is 41.2. The number of carbonyl (C=O) groups is 3. The molecular formula is C45H76NO9P. The van der Waals surface area contributed by atoms with Crippen LogP contribution in [0.3, 0.4) is 0 Å². The molecule has 0 fully saturated rings. The number of hydrogen-bond donors (Lipinski definition) is 2. The van der Waals surface area contributed by atoms with Crippen LogP contribution in [0.15, 0.2) is 72.9 Å². The predicted octanol–water partition coefficient (Wildman–Crippen LogP) is 11.5. The number of allylic oxidation sites excluding steroid dienone is 12. The van der Waals surface area contributed by atoms with Gasteiger partial charge in [0.15, 0.2) is 11.9 Å². The quantitative estimate of drug-likeness (QED) is 0.0153. The predicted molar refractivity (Wildman–Crippen MR) is 229 cm³/mol. The van der Waals surface area contributed by atoms with Crippen molar-refractivity contribution in [1.29, 1.82) is 0 Å². The summed E-state index contributed by atoms with van der Waals surface area (Å²) in [5, 5.41) is 0. The SMILES string of the molecule is CCCCC/C=C\C/C=C\C/C=C\C/C=C\CCCCCC(=O)OC[C@H](COP(=O)(O)OCCN)OC(=O)CCCCCCC/C=C\C=C\C(=O)CCCCC. The minimum Gasteiger partial charge on any atom is -0.462 e. The number of esters is 2. The van der Waals surface area contributed by atoms with Gasteiger partial charge in [-0.3, -0.25) is 23.4 Å². The number of ketones is 1. The van der Waals surface area contributed by atoms with Crippen molar-refractivity contribution in [2.75, 3.05) is 26.4 Å². The van der Waals surface area contributed by atoms with Crippen molar-refractivity contribution in [2.45, 2.75) is 168 Å². The van der Waals surface area contributed by atoms with Crippen molar-refractivity contribution in [3.63, 3.8) is 0 Å². The number of unbranched alkanes of at least 4 members (excludes halogenated alkanes) is 13. The van der Waals surface area contributed by atoms with Gasteiger partial charge in [0, 0.05) is 25.8 Å². The van der Waals surface area contributed by atoms with Crippen LogP contribution in [-0.4, -0.2) is 55.1 Å². The molecular weight excluding hydrogens is 729 g/mol. The summed E-state index contributed by atoms with van der Waals surface area (Å²) in [5.41, 5.74) is 5.33. The molecule has 0 aliphatic carbocycles. The van der Waals surface area contributed by atoms with E-state index in [0.29, 0.717) is 19.3 Å². The van der Waals surface area contributed by atoms with Crippen LogP contribution in [0.5, 0.6) is 0 Å². The highest BCUT2D eigenvalue weighted by atomic mass is 31.2. The van der Waals surface area contributed by atoms with Gasteiger partial charge in [-0.15, -0.1) is 0 Å². The minimum atomic E-state index is -4.41. The molecule has 56 heavy (non-hydrogen) atoms. The molecule has 0 aliphatic heterocycles. The van der Waals surface area contributed by atoms with E-state index in [-0.39, 0.29) is 38.4 Å². The second kappa shape index (κ2) is 40.3. The topological polar surface area (TPSA) is 151 Å². The molecule has 0 bridgehead atoms. The molecule has 0 spiro atoms. The molecule has 10 nitrogen and oxygen atoms in total. The van der Waals surface area contributed by atoms with E-state index in [1.807, 2.05) is 12.2 Å². The number of phosphoric acid groups is 1. The normalized spacial score (nSPS) is 13.9. The van der Waals surface area contributed by atoms with E-state index in [9.17, 15) is 23.8 Å².